The molecule has 0 saturated carbocycles. The quantitative estimate of drug-likeness (QED) is 0.803. The van der Waals surface area contributed by atoms with Gasteiger partial charge < -0.3 is 14.6 Å². The van der Waals surface area contributed by atoms with E-state index in [4.69, 9.17) is 9.47 Å². The van der Waals surface area contributed by atoms with Crippen LogP contribution in [0.2, 0.25) is 0 Å². The van der Waals surface area contributed by atoms with Crippen LogP contribution in [0.15, 0.2) is 48.5 Å². The van der Waals surface area contributed by atoms with Gasteiger partial charge >= 0.3 is 6.09 Å². The Morgan fingerprint density at radius 1 is 1.13 bits per heavy atom. The number of ketones is 1. The standard InChI is InChI=1S/C24H29NO5/c1-16(26)22(27)21-20-18(13-14-25(21)23(28)30-24(2,3)4)11-8-12-19(20)29-15-17-9-6-5-7-10-17/h5-12,16,21,26H,13-15H2,1-4H3. The molecule has 0 spiro atoms. The van der Waals surface area contributed by atoms with E-state index in [-0.39, 0.29) is 0 Å². The van der Waals surface area contributed by atoms with Gasteiger partial charge in [0.2, 0.25) is 0 Å². The van der Waals surface area contributed by atoms with Crippen molar-refractivity contribution < 1.29 is 24.2 Å². The zero-order valence-electron chi connectivity index (χ0n) is 17.9. The van der Waals surface area contributed by atoms with Crippen molar-refractivity contribution in [3.63, 3.8) is 0 Å². The number of fused-ring (bicyclic) bond motifs is 1. The van der Waals surface area contributed by atoms with E-state index in [2.05, 4.69) is 0 Å². The Morgan fingerprint density at radius 3 is 2.47 bits per heavy atom. The first kappa shape index (κ1) is 21.8. The molecular formula is C24H29NO5. The molecule has 1 aliphatic heterocycles. The molecule has 3 rings (SSSR count). The van der Waals surface area contributed by atoms with Crippen molar-refractivity contribution in [1.29, 1.82) is 0 Å². The first-order chi connectivity index (χ1) is 14.2. The molecule has 2 aromatic rings. The highest BCUT2D eigenvalue weighted by atomic mass is 16.6. The van der Waals surface area contributed by atoms with Gasteiger partial charge in [0.05, 0.1) is 0 Å². The van der Waals surface area contributed by atoms with Crippen molar-refractivity contribution in [1.82, 2.24) is 4.90 Å². The van der Waals surface area contributed by atoms with E-state index in [1.165, 1.54) is 11.8 Å². The van der Waals surface area contributed by atoms with E-state index in [0.29, 0.717) is 30.9 Å². The van der Waals surface area contributed by atoms with Crippen LogP contribution in [0.3, 0.4) is 0 Å². The molecule has 1 N–H and O–H groups in total. The number of aliphatic hydroxyl groups excluding tert-OH is 1. The highest BCUT2D eigenvalue weighted by Crippen LogP contribution is 2.39. The van der Waals surface area contributed by atoms with Crippen LogP contribution in [-0.2, 0) is 22.6 Å². The highest BCUT2D eigenvalue weighted by molar-refractivity contribution is 5.93. The SMILES string of the molecule is CC(O)C(=O)C1c2c(cccc2OCc2ccccc2)CCN1C(=O)OC(C)(C)C. The number of aliphatic hydroxyl groups is 1. The number of benzene rings is 2. The summed E-state index contributed by atoms with van der Waals surface area (Å²) in [6, 6.07) is 14.4. The maximum absolute atomic E-state index is 13.0. The second-order valence-corrected chi connectivity index (χ2v) is 8.51. The second-order valence-electron chi connectivity index (χ2n) is 8.51. The van der Waals surface area contributed by atoms with Crippen molar-refractivity contribution in [3.05, 3.63) is 65.2 Å². The van der Waals surface area contributed by atoms with E-state index >= 15 is 0 Å². The first-order valence-electron chi connectivity index (χ1n) is 10.2. The lowest BCUT2D eigenvalue weighted by molar-refractivity contribution is -0.132. The molecule has 0 aromatic heterocycles. The lowest BCUT2D eigenvalue weighted by Gasteiger charge is -2.38. The lowest BCUT2D eigenvalue weighted by Crippen LogP contribution is -2.47. The van der Waals surface area contributed by atoms with Gasteiger partial charge in [-0.3, -0.25) is 9.69 Å². The number of carbonyl (C=O) groups excluding carboxylic acids is 2. The zero-order valence-corrected chi connectivity index (χ0v) is 17.9. The molecule has 0 bridgehead atoms. The third-order valence-corrected chi connectivity index (χ3v) is 4.91. The molecule has 1 aliphatic rings. The number of nitrogens with zero attached hydrogens (tertiary/aromatic N) is 1. The molecule has 1 amide bonds. The van der Waals surface area contributed by atoms with Crippen molar-refractivity contribution >= 4 is 11.9 Å². The molecule has 2 atom stereocenters. The second kappa shape index (κ2) is 8.88. The molecular weight excluding hydrogens is 382 g/mol. The Hall–Kier alpha value is -2.86. The van der Waals surface area contributed by atoms with Gasteiger partial charge in [-0.2, -0.15) is 0 Å². The fourth-order valence-corrected chi connectivity index (χ4v) is 3.55. The minimum atomic E-state index is -1.23. The van der Waals surface area contributed by atoms with E-state index < -0.39 is 29.6 Å². The average molecular weight is 411 g/mol. The summed E-state index contributed by atoms with van der Waals surface area (Å²) >= 11 is 0. The summed E-state index contributed by atoms with van der Waals surface area (Å²) in [5.74, 6) is 0.0705. The van der Waals surface area contributed by atoms with E-state index in [9.17, 15) is 14.7 Å². The maximum Gasteiger partial charge on any atom is 0.411 e. The molecule has 6 heteroatoms. The smallest absolute Gasteiger partial charge is 0.411 e. The summed E-state index contributed by atoms with van der Waals surface area (Å²) < 4.78 is 11.6. The van der Waals surface area contributed by atoms with Crippen LogP contribution in [0, 0.1) is 0 Å². The third kappa shape index (κ3) is 5.00. The van der Waals surface area contributed by atoms with Crippen molar-refractivity contribution in [3.8, 4) is 5.75 Å². The number of rotatable bonds is 5. The van der Waals surface area contributed by atoms with Gasteiger partial charge in [-0.1, -0.05) is 42.5 Å². The van der Waals surface area contributed by atoms with Gasteiger partial charge in [0.25, 0.3) is 0 Å². The molecule has 0 fully saturated rings. The molecule has 1 heterocycles. The van der Waals surface area contributed by atoms with Crippen LogP contribution in [0.4, 0.5) is 4.79 Å². The summed E-state index contributed by atoms with van der Waals surface area (Å²) in [5.41, 5.74) is 1.85. The van der Waals surface area contributed by atoms with Gasteiger partial charge in [0, 0.05) is 12.1 Å². The summed E-state index contributed by atoms with van der Waals surface area (Å²) in [7, 11) is 0. The number of amides is 1. The molecule has 2 aromatic carbocycles. The Labute approximate surface area is 177 Å². The molecule has 160 valence electrons. The van der Waals surface area contributed by atoms with E-state index in [0.717, 1.165) is 11.1 Å². The van der Waals surface area contributed by atoms with Crippen LogP contribution in [0.1, 0.15) is 50.4 Å². The fraction of sp³-hybridized carbons (Fsp3) is 0.417. The van der Waals surface area contributed by atoms with E-state index in [1.54, 1.807) is 26.8 Å². The molecule has 0 radical (unpaired) electrons. The van der Waals surface area contributed by atoms with E-state index in [1.807, 2.05) is 42.5 Å². The first-order valence-corrected chi connectivity index (χ1v) is 10.2. The van der Waals surface area contributed by atoms with Crippen LogP contribution in [-0.4, -0.2) is 40.1 Å². The van der Waals surface area contributed by atoms with Gasteiger partial charge in [0.1, 0.15) is 30.1 Å². The topological polar surface area (TPSA) is 76.1 Å². The minimum absolute atomic E-state index is 0.327. The summed E-state index contributed by atoms with van der Waals surface area (Å²) in [6.45, 7) is 7.41. The van der Waals surface area contributed by atoms with Crippen LogP contribution in [0.5, 0.6) is 5.75 Å². The monoisotopic (exact) mass is 411 g/mol. The number of carbonyl (C=O) groups is 2. The largest absolute Gasteiger partial charge is 0.489 e. The third-order valence-electron chi connectivity index (χ3n) is 4.91. The molecule has 30 heavy (non-hydrogen) atoms. The minimum Gasteiger partial charge on any atom is -0.489 e. The number of hydrogen-bond acceptors (Lipinski definition) is 5. The van der Waals surface area contributed by atoms with Gasteiger partial charge in [0.15, 0.2) is 5.78 Å². The van der Waals surface area contributed by atoms with Crippen molar-refractivity contribution in [2.45, 2.75) is 58.5 Å². The maximum atomic E-state index is 13.0. The Bertz CT molecular complexity index is 902. The number of Topliss-reactive ketones (excluding diaryl/α,β-unsaturated/α-hetero) is 1. The molecule has 6 nitrogen and oxygen atoms in total. The summed E-state index contributed by atoms with van der Waals surface area (Å²) in [5, 5.41) is 10.1. The Kier molecular flexibility index (Phi) is 6.46. The molecule has 0 saturated heterocycles. The predicted octanol–water partition coefficient (Wildman–Crippen LogP) is 4.05. The fourth-order valence-electron chi connectivity index (χ4n) is 3.55. The summed E-state index contributed by atoms with van der Waals surface area (Å²) in [4.78, 5) is 27.3. The lowest BCUT2D eigenvalue weighted by atomic mass is 9.88. The van der Waals surface area contributed by atoms with Gasteiger partial charge in [-0.15, -0.1) is 0 Å². The van der Waals surface area contributed by atoms with Gasteiger partial charge in [-0.25, -0.2) is 4.79 Å². The Morgan fingerprint density at radius 2 is 1.83 bits per heavy atom. The zero-order chi connectivity index (χ0) is 21.9. The van der Waals surface area contributed by atoms with Crippen molar-refractivity contribution in [2.75, 3.05) is 6.54 Å². The average Bonchev–Trinajstić information content (AvgIpc) is 2.70. The van der Waals surface area contributed by atoms with Crippen LogP contribution in [0.25, 0.3) is 0 Å². The molecule has 0 aliphatic carbocycles. The van der Waals surface area contributed by atoms with Crippen molar-refractivity contribution in [2.24, 2.45) is 0 Å². The van der Waals surface area contributed by atoms with Crippen LogP contribution >= 0.6 is 0 Å². The highest BCUT2D eigenvalue weighted by Gasteiger charge is 2.41. The number of ether oxygens (including phenoxy) is 2. The number of hydrogen-bond donors (Lipinski definition) is 1. The van der Waals surface area contributed by atoms with Gasteiger partial charge in [-0.05, 0) is 51.3 Å². The predicted molar refractivity (Wildman–Crippen MR) is 113 cm³/mol. The normalized spacial score (nSPS) is 17.1. The van der Waals surface area contributed by atoms with Crippen LogP contribution < -0.4 is 4.74 Å². The molecule has 2 unspecified atom stereocenters. The summed E-state index contributed by atoms with van der Waals surface area (Å²) in [6.07, 6.45) is -1.24. The Balaban J connectivity index is 1.98.